The Morgan fingerprint density at radius 1 is 1.53 bits per heavy atom. The van der Waals surface area contributed by atoms with E-state index in [-0.39, 0.29) is 0 Å². The van der Waals surface area contributed by atoms with Gasteiger partial charge in [-0.2, -0.15) is 11.8 Å². The van der Waals surface area contributed by atoms with Crippen LogP contribution in [0.4, 0.5) is 5.82 Å². The van der Waals surface area contributed by atoms with Crippen LogP contribution in [0.25, 0.3) is 0 Å². The Labute approximate surface area is 112 Å². The summed E-state index contributed by atoms with van der Waals surface area (Å²) in [6.45, 7) is 2.18. The number of nitrogens with zero attached hydrogens (tertiary/aromatic N) is 2. The predicted octanol–water partition coefficient (Wildman–Crippen LogP) is 3.56. The van der Waals surface area contributed by atoms with E-state index < -0.39 is 0 Å². The monoisotopic (exact) mass is 271 g/mol. The molecule has 3 nitrogen and oxygen atoms in total. The number of anilines is 1. The standard InChI is InChI=1S/C12H18ClN3S/c1-3-9(7-17-2)14-11-6-10(13)15-12(16-11)8-4-5-8/h6,8-9H,3-5,7H2,1-2H3,(H,14,15,16). The van der Waals surface area contributed by atoms with E-state index in [1.165, 1.54) is 12.8 Å². The van der Waals surface area contributed by atoms with Gasteiger partial charge in [0.05, 0.1) is 0 Å². The third kappa shape index (κ3) is 3.75. The molecular weight excluding hydrogens is 254 g/mol. The molecule has 0 saturated heterocycles. The molecule has 0 amide bonds. The highest BCUT2D eigenvalue weighted by Gasteiger charge is 2.27. The lowest BCUT2D eigenvalue weighted by Crippen LogP contribution is -2.22. The quantitative estimate of drug-likeness (QED) is 0.803. The minimum absolute atomic E-state index is 0.447. The van der Waals surface area contributed by atoms with Crippen LogP contribution in [-0.2, 0) is 0 Å². The number of rotatable bonds is 6. The number of thioether (sulfide) groups is 1. The minimum atomic E-state index is 0.447. The molecule has 0 aromatic carbocycles. The summed E-state index contributed by atoms with van der Waals surface area (Å²) in [5.74, 6) is 3.39. The zero-order valence-electron chi connectivity index (χ0n) is 10.2. The molecule has 1 aromatic rings. The van der Waals surface area contributed by atoms with Gasteiger partial charge >= 0.3 is 0 Å². The second-order valence-corrected chi connectivity index (χ2v) is 5.71. The van der Waals surface area contributed by atoms with Crippen molar-refractivity contribution in [2.45, 2.75) is 38.1 Å². The van der Waals surface area contributed by atoms with Gasteiger partial charge in [0.1, 0.15) is 16.8 Å². The Morgan fingerprint density at radius 2 is 2.29 bits per heavy atom. The molecule has 0 bridgehead atoms. The van der Waals surface area contributed by atoms with Gasteiger partial charge in [0.2, 0.25) is 0 Å². The SMILES string of the molecule is CCC(CSC)Nc1cc(Cl)nc(C2CC2)n1. The Hall–Kier alpha value is -0.480. The van der Waals surface area contributed by atoms with Gasteiger partial charge in [-0.05, 0) is 25.5 Å². The minimum Gasteiger partial charge on any atom is -0.366 e. The van der Waals surface area contributed by atoms with Crippen molar-refractivity contribution in [3.8, 4) is 0 Å². The summed E-state index contributed by atoms with van der Waals surface area (Å²) in [5.41, 5.74) is 0. The van der Waals surface area contributed by atoms with Gasteiger partial charge in [-0.15, -0.1) is 0 Å². The zero-order valence-corrected chi connectivity index (χ0v) is 11.8. The molecular formula is C12H18ClN3S. The van der Waals surface area contributed by atoms with Crippen LogP contribution < -0.4 is 5.32 Å². The molecule has 1 aromatic heterocycles. The topological polar surface area (TPSA) is 37.8 Å². The number of aromatic nitrogens is 2. The first-order valence-electron chi connectivity index (χ1n) is 6.03. The number of nitrogens with one attached hydrogen (secondary N) is 1. The molecule has 1 aliphatic carbocycles. The third-order valence-electron chi connectivity index (χ3n) is 2.87. The van der Waals surface area contributed by atoms with Crippen LogP contribution in [0, 0.1) is 0 Å². The molecule has 0 radical (unpaired) electrons. The predicted molar refractivity (Wildman–Crippen MR) is 75.1 cm³/mol. The van der Waals surface area contributed by atoms with E-state index in [9.17, 15) is 0 Å². The van der Waals surface area contributed by atoms with E-state index >= 15 is 0 Å². The maximum atomic E-state index is 6.03. The van der Waals surface area contributed by atoms with Crippen molar-refractivity contribution < 1.29 is 0 Å². The van der Waals surface area contributed by atoms with Crippen LogP contribution in [0.5, 0.6) is 0 Å². The molecule has 1 heterocycles. The highest BCUT2D eigenvalue weighted by Crippen LogP contribution is 2.38. The second kappa shape index (κ2) is 5.91. The van der Waals surface area contributed by atoms with Crippen LogP contribution in [0.1, 0.15) is 37.9 Å². The average molecular weight is 272 g/mol. The van der Waals surface area contributed by atoms with Gasteiger partial charge < -0.3 is 5.32 Å². The number of hydrogen-bond donors (Lipinski definition) is 1. The Morgan fingerprint density at radius 3 is 2.88 bits per heavy atom. The third-order valence-corrected chi connectivity index (χ3v) is 3.80. The summed E-state index contributed by atoms with van der Waals surface area (Å²) < 4.78 is 0. The van der Waals surface area contributed by atoms with E-state index in [2.05, 4.69) is 28.5 Å². The van der Waals surface area contributed by atoms with E-state index in [1.807, 2.05) is 17.8 Å². The number of halogens is 1. The lowest BCUT2D eigenvalue weighted by atomic mass is 10.2. The summed E-state index contributed by atoms with van der Waals surface area (Å²) >= 11 is 7.87. The molecule has 17 heavy (non-hydrogen) atoms. The smallest absolute Gasteiger partial charge is 0.135 e. The average Bonchev–Trinajstić information content (AvgIpc) is 3.11. The molecule has 1 atom stereocenters. The first-order chi connectivity index (χ1) is 8.22. The largest absolute Gasteiger partial charge is 0.366 e. The molecule has 0 aliphatic heterocycles. The van der Waals surface area contributed by atoms with Crippen molar-refractivity contribution in [1.29, 1.82) is 0 Å². The Balaban J connectivity index is 2.08. The molecule has 5 heteroatoms. The van der Waals surface area contributed by atoms with Gasteiger partial charge in [0.25, 0.3) is 0 Å². The molecule has 1 fully saturated rings. The maximum absolute atomic E-state index is 6.03. The lowest BCUT2D eigenvalue weighted by molar-refractivity contribution is 0.765. The van der Waals surface area contributed by atoms with Crippen LogP contribution >= 0.6 is 23.4 Å². The van der Waals surface area contributed by atoms with Crippen molar-refractivity contribution >= 4 is 29.2 Å². The highest BCUT2D eigenvalue weighted by molar-refractivity contribution is 7.98. The zero-order chi connectivity index (χ0) is 12.3. The maximum Gasteiger partial charge on any atom is 0.135 e. The molecule has 1 N–H and O–H groups in total. The Bertz CT molecular complexity index is 382. The van der Waals surface area contributed by atoms with Crippen molar-refractivity contribution in [3.63, 3.8) is 0 Å². The lowest BCUT2D eigenvalue weighted by Gasteiger charge is -2.16. The van der Waals surface area contributed by atoms with Gasteiger partial charge in [-0.25, -0.2) is 9.97 Å². The first kappa shape index (κ1) is 13.0. The summed E-state index contributed by atoms with van der Waals surface area (Å²) in [7, 11) is 0. The van der Waals surface area contributed by atoms with Crippen LogP contribution in [0.15, 0.2) is 6.07 Å². The van der Waals surface area contributed by atoms with Crippen LogP contribution in [-0.4, -0.2) is 28.0 Å². The van der Waals surface area contributed by atoms with Crippen molar-refractivity contribution in [2.24, 2.45) is 0 Å². The van der Waals surface area contributed by atoms with E-state index in [0.717, 1.165) is 23.8 Å². The molecule has 94 valence electrons. The van der Waals surface area contributed by atoms with Crippen LogP contribution in [0.2, 0.25) is 5.15 Å². The van der Waals surface area contributed by atoms with Crippen molar-refractivity contribution in [3.05, 3.63) is 17.0 Å². The molecule has 1 saturated carbocycles. The van der Waals surface area contributed by atoms with Gasteiger partial charge in [0, 0.05) is 23.8 Å². The number of hydrogen-bond acceptors (Lipinski definition) is 4. The van der Waals surface area contributed by atoms with E-state index in [4.69, 9.17) is 11.6 Å². The van der Waals surface area contributed by atoms with Crippen LogP contribution in [0.3, 0.4) is 0 Å². The molecule has 0 spiro atoms. The highest BCUT2D eigenvalue weighted by atomic mass is 35.5. The molecule has 1 unspecified atom stereocenters. The van der Waals surface area contributed by atoms with Gasteiger partial charge in [-0.3, -0.25) is 0 Å². The first-order valence-corrected chi connectivity index (χ1v) is 7.80. The molecule has 1 aliphatic rings. The fourth-order valence-electron chi connectivity index (χ4n) is 1.71. The Kier molecular flexibility index (Phi) is 4.51. The van der Waals surface area contributed by atoms with Crippen molar-refractivity contribution in [2.75, 3.05) is 17.3 Å². The van der Waals surface area contributed by atoms with Gasteiger partial charge in [-0.1, -0.05) is 18.5 Å². The summed E-state index contributed by atoms with van der Waals surface area (Å²) in [6.07, 6.45) is 5.59. The fraction of sp³-hybridized carbons (Fsp3) is 0.667. The fourth-order valence-corrected chi connectivity index (χ4v) is 2.62. The summed E-state index contributed by atoms with van der Waals surface area (Å²) in [5, 5.41) is 3.98. The second-order valence-electron chi connectivity index (χ2n) is 4.41. The molecule has 2 rings (SSSR count). The summed E-state index contributed by atoms with van der Waals surface area (Å²) in [4.78, 5) is 8.83. The normalized spacial score (nSPS) is 16.9. The van der Waals surface area contributed by atoms with E-state index in [0.29, 0.717) is 17.1 Å². The van der Waals surface area contributed by atoms with E-state index in [1.54, 1.807) is 0 Å². The van der Waals surface area contributed by atoms with Gasteiger partial charge in [0.15, 0.2) is 0 Å². The summed E-state index contributed by atoms with van der Waals surface area (Å²) in [6, 6.07) is 2.26. The van der Waals surface area contributed by atoms with Crippen molar-refractivity contribution in [1.82, 2.24) is 9.97 Å².